The van der Waals surface area contributed by atoms with Crippen molar-refractivity contribution in [1.82, 2.24) is 0 Å². The molecule has 3 nitrogen and oxygen atoms in total. The minimum Gasteiger partial charge on any atom is -0.311 e. The number of fused-ring (bicyclic) bond motifs is 7. The fraction of sp³-hybridized carbons (Fsp3) is 0.250. The molecule has 0 fully saturated rings. The number of anilines is 9. The molecule has 0 amide bonds. The van der Waals surface area contributed by atoms with Gasteiger partial charge in [0.25, 0.3) is 6.71 Å². The standard InChI is InChI=1S/C64H64BN3/c1-41-20-16-19-25-55(41)66(45-21-14-13-15-22-45)48-32-34-53-57(40-48)68(47-31-33-52-50(39-47)49-23-17-18-24-51(49)64(52,11)12)59-38-44(63(8,9)10)37-58-60(59)65(53)54-36-43(62(5,6)7)28-35-56(54)67(58)46-29-26-42(27-30-46)61(2,3)4/h13-40H,1-12H3. The summed E-state index contributed by atoms with van der Waals surface area (Å²) >= 11 is 0. The van der Waals surface area contributed by atoms with Crippen LogP contribution in [0.2, 0.25) is 0 Å². The number of hydrogen-bond donors (Lipinski definition) is 0. The molecule has 68 heavy (non-hydrogen) atoms. The summed E-state index contributed by atoms with van der Waals surface area (Å²) in [6.07, 6.45) is 0. The summed E-state index contributed by atoms with van der Waals surface area (Å²) < 4.78 is 0. The molecule has 0 radical (unpaired) electrons. The lowest BCUT2D eigenvalue weighted by molar-refractivity contribution is 0.589. The first-order valence-electron chi connectivity index (χ1n) is 24.6. The molecule has 8 aromatic rings. The maximum Gasteiger partial charge on any atom is 0.252 e. The van der Waals surface area contributed by atoms with E-state index < -0.39 is 0 Å². The zero-order valence-electron chi connectivity index (χ0n) is 42.1. The Morgan fingerprint density at radius 2 is 1.01 bits per heavy atom. The zero-order chi connectivity index (χ0) is 47.7. The highest BCUT2D eigenvalue weighted by Gasteiger charge is 2.45. The molecule has 8 aromatic carbocycles. The molecule has 0 unspecified atom stereocenters. The molecule has 2 aliphatic heterocycles. The Bertz CT molecular complexity index is 3290. The van der Waals surface area contributed by atoms with Crippen LogP contribution in [0.4, 0.5) is 51.2 Å². The topological polar surface area (TPSA) is 9.72 Å². The highest BCUT2D eigenvalue weighted by Crippen LogP contribution is 2.53. The molecule has 0 spiro atoms. The minimum absolute atomic E-state index is 0.0190. The van der Waals surface area contributed by atoms with Crippen LogP contribution in [0.5, 0.6) is 0 Å². The second kappa shape index (κ2) is 15.4. The Balaban J connectivity index is 1.25. The maximum atomic E-state index is 2.62. The normalized spacial score (nSPS) is 14.5. The van der Waals surface area contributed by atoms with E-state index in [2.05, 4.69) is 268 Å². The van der Waals surface area contributed by atoms with Gasteiger partial charge in [0.05, 0.1) is 0 Å². The highest BCUT2D eigenvalue weighted by molar-refractivity contribution is 7.00. The lowest BCUT2D eigenvalue weighted by Crippen LogP contribution is -2.61. The van der Waals surface area contributed by atoms with Crippen molar-refractivity contribution in [3.05, 3.63) is 203 Å². The minimum atomic E-state index is -0.136. The Morgan fingerprint density at radius 1 is 0.426 bits per heavy atom. The zero-order valence-corrected chi connectivity index (χ0v) is 42.1. The van der Waals surface area contributed by atoms with Gasteiger partial charge in [-0.2, -0.15) is 0 Å². The van der Waals surface area contributed by atoms with E-state index >= 15 is 0 Å². The number of hydrogen-bond acceptors (Lipinski definition) is 3. The third-order valence-electron chi connectivity index (χ3n) is 15.2. The molecule has 338 valence electrons. The van der Waals surface area contributed by atoms with E-state index in [9.17, 15) is 0 Å². The number of benzene rings is 8. The summed E-state index contributed by atoms with van der Waals surface area (Å²) in [6, 6.07) is 65.0. The van der Waals surface area contributed by atoms with E-state index in [1.807, 2.05) is 0 Å². The van der Waals surface area contributed by atoms with Crippen LogP contribution in [-0.4, -0.2) is 6.71 Å². The quantitative estimate of drug-likeness (QED) is 0.159. The number of nitrogens with zero attached hydrogens (tertiary/aromatic N) is 3. The maximum absolute atomic E-state index is 2.62. The first-order chi connectivity index (χ1) is 32.3. The number of rotatable bonds is 5. The van der Waals surface area contributed by atoms with Gasteiger partial charge in [-0.25, -0.2) is 0 Å². The largest absolute Gasteiger partial charge is 0.311 e. The lowest BCUT2D eigenvalue weighted by atomic mass is 9.33. The molecule has 0 aromatic heterocycles. The molecular weight excluding hydrogens is 822 g/mol. The molecule has 0 atom stereocenters. The van der Waals surface area contributed by atoms with E-state index in [0.717, 1.165) is 11.4 Å². The average molecular weight is 886 g/mol. The van der Waals surface area contributed by atoms with Gasteiger partial charge >= 0.3 is 0 Å². The molecule has 3 aliphatic rings. The van der Waals surface area contributed by atoms with Crippen LogP contribution in [0.3, 0.4) is 0 Å². The third-order valence-corrected chi connectivity index (χ3v) is 15.2. The van der Waals surface area contributed by atoms with Crippen molar-refractivity contribution in [2.75, 3.05) is 14.7 Å². The van der Waals surface area contributed by atoms with Crippen LogP contribution in [-0.2, 0) is 21.7 Å². The molecule has 4 heteroatoms. The van der Waals surface area contributed by atoms with Crippen molar-refractivity contribution in [2.45, 2.75) is 105 Å². The molecule has 11 rings (SSSR count). The second-order valence-electron chi connectivity index (χ2n) is 23.2. The smallest absolute Gasteiger partial charge is 0.252 e. The first kappa shape index (κ1) is 43.8. The fourth-order valence-electron chi connectivity index (χ4n) is 11.4. The van der Waals surface area contributed by atoms with Crippen molar-refractivity contribution in [1.29, 1.82) is 0 Å². The van der Waals surface area contributed by atoms with Gasteiger partial charge in [0.1, 0.15) is 0 Å². The molecule has 0 bridgehead atoms. The molecule has 0 saturated carbocycles. The molecule has 1 aliphatic carbocycles. The van der Waals surface area contributed by atoms with Crippen LogP contribution in [0, 0.1) is 6.92 Å². The van der Waals surface area contributed by atoms with Gasteiger partial charge in [-0.1, -0.05) is 173 Å². The summed E-state index contributed by atoms with van der Waals surface area (Å²) in [7, 11) is 0. The average Bonchev–Trinajstić information content (AvgIpc) is 3.53. The molecule has 0 N–H and O–H groups in total. The highest BCUT2D eigenvalue weighted by atomic mass is 15.2. The van der Waals surface area contributed by atoms with Gasteiger partial charge in [-0.3, -0.25) is 0 Å². The van der Waals surface area contributed by atoms with Crippen LogP contribution in [0.15, 0.2) is 170 Å². The van der Waals surface area contributed by atoms with E-state index in [1.165, 1.54) is 101 Å². The van der Waals surface area contributed by atoms with Crippen LogP contribution in [0.25, 0.3) is 11.1 Å². The third kappa shape index (κ3) is 6.93. The summed E-state index contributed by atoms with van der Waals surface area (Å²) in [5.41, 5.74) is 25.0. The lowest BCUT2D eigenvalue weighted by Gasteiger charge is -2.46. The number of aryl methyl sites for hydroxylation is 1. The molecule has 0 saturated heterocycles. The van der Waals surface area contributed by atoms with Gasteiger partial charge in [-0.15, -0.1) is 0 Å². The molecule has 2 heterocycles. The predicted octanol–water partition coefficient (Wildman–Crippen LogP) is 15.7. The SMILES string of the molecule is Cc1ccccc1N(c1ccccc1)c1ccc2c(c1)N(c1ccc3c(c1)-c1ccccc1C3(C)C)c1cc(C(C)(C)C)cc3c1B2c1cc(C(C)(C)C)ccc1N3c1ccc(C(C)(C)C)cc1. The van der Waals surface area contributed by atoms with E-state index in [1.54, 1.807) is 0 Å². The van der Waals surface area contributed by atoms with Crippen molar-refractivity contribution in [3.63, 3.8) is 0 Å². The van der Waals surface area contributed by atoms with Crippen LogP contribution in [0.1, 0.15) is 110 Å². The van der Waals surface area contributed by atoms with E-state index in [0.29, 0.717) is 0 Å². The van der Waals surface area contributed by atoms with Gasteiger partial charge in [0.2, 0.25) is 0 Å². The van der Waals surface area contributed by atoms with Crippen LogP contribution < -0.4 is 31.1 Å². The van der Waals surface area contributed by atoms with Crippen molar-refractivity contribution in [2.24, 2.45) is 0 Å². The van der Waals surface area contributed by atoms with Gasteiger partial charge in [0.15, 0.2) is 0 Å². The Labute approximate surface area is 406 Å². The van der Waals surface area contributed by atoms with Crippen molar-refractivity contribution in [3.8, 4) is 11.1 Å². The Kier molecular flexibility index (Phi) is 9.90. The van der Waals surface area contributed by atoms with Gasteiger partial charge in [-0.05, 0) is 157 Å². The van der Waals surface area contributed by atoms with Crippen LogP contribution >= 0.6 is 0 Å². The van der Waals surface area contributed by atoms with E-state index in [4.69, 9.17) is 0 Å². The second-order valence-corrected chi connectivity index (χ2v) is 23.2. The Hall–Kier alpha value is -6.78. The van der Waals surface area contributed by atoms with Crippen molar-refractivity contribution < 1.29 is 0 Å². The predicted molar refractivity (Wildman–Crippen MR) is 294 cm³/mol. The van der Waals surface area contributed by atoms with Gasteiger partial charge in [0, 0.05) is 56.6 Å². The summed E-state index contributed by atoms with van der Waals surface area (Å²) in [5.74, 6) is 0. The van der Waals surface area contributed by atoms with E-state index in [-0.39, 0.29) is 28.4 Å². The first-order valence-corrected chi connectivity index (χ1v) is 24.6. The summed E-state index contributed by atoms with van der Waals surface area (Å²) in [4.78, 5) is 7.64. The van der Waals surface area contributed by atoms with Gasteiger partial charge < -0.3 is 14.7 Å². The molecular formula is C64H64BN3. The van der Waals surface area contributed by atoms with Crippen molar-refractivity contribution >= 4 is 74.3 Å². The Morgan fingerprint density at radius 3 is 1.69 bits per heavy atom. The summed E-state index contributed by atoms with van der Waals surface area (Å²) in [5, 5.41) is 0. The monoisotopic (exact) mass is 886 g/mol. The number of para-hydroxylation sites is 2. The fourth-order valence-corrected chi connectivity index (χ4v) is 11.4. The summed E-state index contributed by atoms with van der Waals surface area (Å²) in [6.45, 7) is 28.0.